The topological polar surface area (TPSA) is 64.4 Å². The summed E-state index contributed by atoms with van der Waals surface area (Å²) in [7, 11) is 4.82. The van der Waals surface area contributed by atoms with Gasteiger partial charge in [0.2, 0.25) is 0 Å². The number of benzene rings is 1. The molecule has 0 saturated heterocycles. The predicted molar refractivity (Wildman–Crippen MR) is 78.3 cm³/mol. The SMILES string of the molecule is COc1ccc(CN(C)C(=O)c2ccc(=O)n(C)n2)cc1. The molecule has 0 fully saturated rings. The minimum absolute atomic E-state index is 0.235. The zero-order chi connectivity index (χ0) is 15.4. The summed E-state index contributed by atoms with van der Waals surface area (Å²) in [5.41, 5.74) is 0.980. The third kappa shape index (κ3) is 3.47. The Hall–Kier alpha value is -2.63. The molecule has 6 nitrogen and oxygen atoms in total. The van der Waals surface area contributed by atoms with Gasteiger partial charge in [0.1, 0.15) is 11.4 Å². The van der Waals surface area contributed by atoms with Crippen molar-refractivity contribution in [3.63, 3.8) is 0 Å². The van der Waals surface area contributed by atoms with E-state index in [0.29, 0.717) is 6.54 Å². The number of aryl methyl sites for hydroxylation is 1. The Balaban J connectivity index is 2.11. The highest BCUT2D eigenvalue weighted by atomic mass is 16.5. The van der Waals surface area contributed by atoms with Crippen molar-refractivity contribution in [1.29, 1.82) is 0 Å². The molecule has 1 amide bonds. The molecule has 21 heavy (non-hydrogen) atoms. The number of aromatic nitrogens is 2. The predicted octanol–water partition coefficient (Wildman–Crippen LogP) is 1.06. The van der Waals surface area contributed by atoms with Crippen molar-refractivity contribution in [3.8, 4) is 5.75 Å². The first-order chi connectivity index (χ1) is 10.0. The lowest BCUT2D eigenvalue weighted by Gasteiger charge is -2.17. The van der Waals surface area contributed by atoms with Crippen LogP contribution in [0.5, 0.6) is 5.75 Å². The minimum Gasteiger partial charge on any atom is -0.497 e. The Kier molecular flexibility index (Phi) is 4.37. The van der Waals surface area contributed by atoms with E-state index in [1.54, 1.807) is 19.1 Å². The van der Waals surface area contributed by atoms with Crippen LogP contribution in [-0.4, -0.2) is 34.7 Å². The molecule has 0 N–H and O–H groups in total. The first-order valence-electron chi connectivity index (χ1n) is 6.44. The lowest BCUT2D eigenvalue weighted by molar-refractivity contribution is 0.0776. The molecule has 6 heteroatoms. The number of methoxy groups -OCH3 is 1. The normalized spacial score (nSPS) is 10.2. The average molecular weight is 287 g/mol. The van der Waals surface area contributed by atoms with Gasteiger partial charge in [0, 0.05) is 26.7 Å². The molecule has 0 bridgehead atoms. The van der Waals surface area contributed by atoms with E-state index in [1.165, 1.54) is 19.2 Å². The standard InChI is InChI=1S/C15H17N3O3/c1-17(10-11-4-6-12(21-3)7-5-11)15(20)13-8-9-14(19)18(2)16-13/h4-9H,10H2,1-3H3. The molecule has 0 aliphatic carbocycles. The van der Waals surface area contributed by atoms with Crippen molar-refractivity contribution >= 4 is 5.91 Å². The van der Waals surface area contributed by atoms with Crippen molar-refractivity contribution in [2.24, 2.45) is 7.05 Å². The van der Waals surface area contributed by atoms with Gasteiger partial charge in [-0.05, 0) is 23.8 Å². The maximum atomic E-state index is 12.3. The summed E-state index contributed by atoms with van der Waals surface area (Å²) in [6.45, 7) is 0.452. The van der Waals surface area contributed by atoms with Crippen LogP contribution in [0, 0.1) is 0 Å². The lowest BCUT2D eigenvalue weighted by atomic mass is 10.2. The van der Waals surface area contributed by atoms with E-state index < -0.39 is 0 Å². The van der Waals surface area contributed by atoms with Gasteiger partial charge in [0.15, 0.2) is 0 Å². The molecular weight excluding hydrogens is 270 g/mol. The molecule has 1 heterocycles. The van der Waals surface area contributed by atoms with Crippen molar-refractivity contribution in [2.75, 3.05) is 14.2 Å². The van der Waals surface area contributed by atoms with Crippen LogP contribution < -0.4 is 10.3 Å². The van der Waals surface area contributed by atoms with Gasteiger partial charge in [-0.1, -0.05) is 12.1 Å². The number of nitrogens with zero attached hydrogens (tertiary/aromatic N) is 3. The first kappa shape index (κ1) is 14.8. The summed E-state index contributed by atoms with van der Waals surface area (Å²) >= 11 is 0. The molecule has 0 radical (unpaired) electrons. The molecule has 0 aliphatic rings. The van der Waals surface area contributed by atoms with Gasteiger partial charge in [-0.25, -0.2) is 4.68 Å². The summed E-state index contributed by atoms with van der Waals surface area (Å²) in [5.74, 6) is 0.536. The highest BCUT2D eigenvalue weighted by Gasteiger charge is 2.14. The minimum atomic E-state index is -0.246. The van der Waals surface area contributed by atoms with Crippen LogP contribution in [0.25, 0.3) is 0 Å². The number of hydrogen-bond donors (Lipinski definition) is 0. The van der Waals surface area contributed by atoms with Crippen molar-refractivity contribution in [3.05, 3.63) is 58.0 Å². The van der Waals surface area contributed by atoms with Gasteiger partial charge in [0.25, 0.3) is 11.5 Å². The molecule has 110 valence electrons. The van der Waals surface area contributed by atoms with Crippen LogP contribution in [0.1, 0.15) is 16.1 Å². The summed E-state index contributed by atoms with van der Waals surface area (Å²) in [5, 5.41) is 3.96. The highest BCUT2D eigenvalue weighted by molar-refractivity contribution is 5.91. The summed E-state index contributed by atoms with van der Waals surface area (Å²) in [6, 6.07) is 10.3. The molecule has 2 aromatic rings. The lowest BCUT2D eigenvalue weighted by Crippen LogP contribution is -2.30. The second kappa shape index (κ2) is 6.21. The summed E-state index contributed by atoms with van der Waals surface area (Å²) < 4.78 is 6.24. The van der Waals surface area contributed by atoms with E-state index in [1.807, 2.05) is 24.3 Å². The third-order valence-corrected chi connectivity index (χ3v) is 3.11. The number of carbonyl (C=O) groups is 1. The van der Waals surface area contributed by atoms with E-state index in [2.05, 4.69) is 5.10 Å². The number of carbonyl (C=O) groups excluding carboxylic acids is 1. The average Bonchev–Trinajstić information content (AvgIpc) is 2.50. The quantitative estimate of drug-likeness (QED) is 0.843. The van der Waals surface area contributed by atoms with Crippen LogP contribution in [0.3, 0.4) is 0 Å². The Labute approximate surface area is 122 Å². The van der Waals surface area contributed by atoms with Crippen LogP contribution in [-0.2, 0) is 13.6 Å². The van der Waals surface area contributed by atoms with Crippen LogP contribution in [0.2, 0.25) is 0 Å². The van der Waals surface area contributed by atoms with Gasteiger partial charge in [-0.15, -0.1) is 0 Å². The van der Waals surface area contributed by atoms with Crippen LogP contribution in [0.15, 0.2) is 41.2 Å². The molecule has 0 unspecified atom stereocenters. The van der Waals surface area contributed by atoms with Crippen LogP contribution in [0.4, 0.5) is 0 Å². The third-order valence-electron chi connectivity index (χ3n) is 3.11. The molecule has 0 aliphatic heterocycles. The molecule has 0 atom stereocenters. The van der Waals surface area contributed by atoms with E-state index >= 15 is 0 Å². The molecule has 1 aromatic heterocycles. The number of ether oxygens (including phenoxy) is 1. The van der Waals surface area contributed by atoms with Gasteiger partial charge in [-0.3, -0.25) is 9.59 Å². The number of amides is 1. The fraction of sp³-hybridized carbons (Fsp3) is 0.267. The maximum absolute atomic E-state index is 12.3. The summed E-state index contributed by atoms with van der Waals surface area (Å²) in [6.07, 6.45) is 0. The second-order valence-electron chi connectivity index (χ2n) is 4.69. The number of rotatable bonds is 4. The van der Waals surface area contributed by atoms with E-state index in [9.17, 15) is 9.59 Å². The van der Waals surface area contributed by atoms with Crippen LogP contribution >= 0.6 is 0 Å². The molecule has 0 spiro atoms. The first-order valence-corrected chi connectivity index (χ1v) is 6.44. The second-order valence-corrected chi connectivity index (χ2v) is 4.69. The molecule has 2 rings (SSSR count). The molecule has 0 saturated carbocycles. The zero-order valence-electron chi connectivity index (χ0n) is 12.2. The fourth-order valence-corrected chi connectivity index (χ4v) is 1.89. The fourth-order valence-electron chi connectivity index (χ4n) is 1.89. The largest absolute Gasteiger partial charge is 0.497 e. The van der Waals surface area contributed by atoms with E-state index in [-0.39, 0.29) is 17.2 Å². The molecule has 1 aromatic carbocycles. The van der Waals surface area contributed by atoms with Gasteiger partial charge in [-0.2, -0.15) is 5.10 Å². The van der Waals surface area contributed by atoms with E-state index in [0.717, 1.165) is 16.0 Å². The van der Waals surface area contributed by atoms with Crippen molar-refractivity contribution < 1.29 is 9.53 Å². The Bertz CT molecular complexity index is 692. The summed E-state index contributed by atoms with van der Waals surface area (Å²) in [4.78, 5) is 25.1. The Morgan fingerprint density at radius 3 is 2.48 bits per heavy atom. The number of hydrogen-bond acceptors (Lipinski definition) is 4. The zero-order valence-corrected chi connectivity index (χ0v) is 12.2. The van der Waals surface area contributed by atoms with Gasteiger partial charge in [0.05, 0.1) is 7.11 Å². The maximum Gasteiger partial charge on any atom is 0.274 e. The van der Waals surface area contributed by atoms with Gasteiger partial charge >= 0.3 is 0 Å². The molecular formula is C15H17N3O3. The monoisotopic (exact) mass is 287 g/mol. The van der Waals surface area contributed by atoms with Crippen molar-refractivity contribution in [2.45, 2.75) is 6.54 Å². The van der Waals surface area contributed by atoms with Crippen molar-refractivity contribution in [1.82, 2.24) is 14.7 Å². The smallest absolute Gasteiger partial charge is 0.274 e. The van der Waals surface area contributed by atoms with Gasteiger partial charge < -0.3 is 9.64 Å². The Morgan fingerprint density at radius 1 is 1.24 bits per heavy atom. The Morgan fingerprint density at radius 2 is 1.90 bits per heavy atom. The highest BCUT2D eigenvalue weighted by Crippen LogP contribution is 2.13. The van der Waals surface area contributed by atoms with E-state index in [4.69, 9.17) is 4.74 Å².